The Kier molecular flexibility index (Phi) is 5.59. The summed E-state index contributed by atoms with van der Waals surface area (Å²) in [4.78, 5) is 25.1. The average Bonchev–Trinajstić information content (AvgIpc) is 3.29. The highest BCUT2D eigenvalue weighted by Gasteiger charge is 2.34. The zero-order valence-electron chi connectivity index (χ0n) is 16.8. The van der Waals surface area contributed by atoms with Gasteiger partial charge in [0.05, 0.1) is 11.1 Å². The predicted octanol–water partition coefficient (Wildman–Crippen LogP) is 4.99. The lowest BCUT2D eigenvalue weighted by atomic mass is 10.1. The van der Waals surface area contributed by atoms with E-state index in [4.69, 9.17) is 0 Å². The largest absolute Gasteiger partial charge is 0.417 e. The third-order valence-corrected chi connectivity index (χ3v) is 4.49. The van der Waals surface area contributed by atoms with E-state index >= 15 is 0 Å². The van der Waals surface area contributed by atoms with Crippen LogP contribution in [0, 0.1) is 6.92 Å². The minimum atomic E-state index is -4.62. The van der Waals surface area contributed by atoms with Crippen LogP contribution in [0.2, 0.25) is 0 Å². The fraction of sp³-hybridized carbons (Fsp3) is 0.0909. The van der Waals surface area contributed by atoms with Crippen LogP contribution in [0.4, 0.5) is 30.4 Å². The number of imidazole rings is 1. The van der Waals surface area contributed by atoms with E-state index in [1.54, 1.807) is 60.5 Å². The zero-order valence-corrected chi connectivity index (χ0v) is 16.8. The zero-order chi connectivity index (χ0) is 22.7. The minimum Gasteiger partial charge on any atom is -0.340 e. The molecule has 0 aliphatic carbocycles. The molecule has 4 rings (SSSR count). The number of nitrogens with one attached hydrogen (secondary N) is 2. The molecule has 2 N–H and O–H groups in total. The van der Waals surface area contributed by atoms with Crippen LogP contribution in [-0.2, 0) is 6.18 Å². The monoisotopic (exact) mass is 438 g/mol. The maximum atomic E-state index is 13.2. The predicted molar refractivity (Wildman–Crippen MR) is 113 cm³/mol. The van der Waals surface area contributed by atoms with Crippen molar-refractivity contribution in [2.24, 2.45) is 0 Å². The second-order valence-electron chi connectivity index (χ2n) is 6.83. The van der Waals surface area contributed by atoms with Gasteiger partial charge in [0.2, 0.25) is 0 Å². The van der Waals surface area contributed by atoms with E-state index in [1.165, 1.54) is 12.1 Å². The van der Waals surface area contributed by atoms with Gasteiger partial charge < -0.3 is 10.6 Å². The van der Waals surface area contributed by atoms with Crippen LogP contribution in [0.15, 0.2) is 73.3 Å². The van der Waals surface area contributed by atoms with Gasteiger partial charge in [-0.1, -0.05) is 12.1 Å². The summed E-state index contributed by atoms with van der Waals surface area (Å²) in [6.45, 7) is 1.77. The van der Waals surface area contributed by atoms with Gasteiger partial charge in [-0.05, 0) is 43.3 Å². The fourth-order valence-corrected chi connectivity index (χ4v) is 3.05. The Balaban J connectivity index is 1.49. The summed E-state index contributed by atoms with van der Waals surface area (Å²) in [5.41, 5.74) is -0.391. The van der Waals surface area contributed by atoms with Crippen molar-refractivity contribution in [2.45, 2.75) is 13.1 Å². The smallest absolute Gasteiger partial charge is 0.340 e. The summed E-state index contributed by atoms with van der Waals surface area (Å²) < 4.78 is 41.2. The second kappa shape index (κ2) is 8.50. The van der Waals surface area contributed by atoms with Crippen molar-refractivity contribution in [3.63, 3.8) is 0 Å². The molecule has 0 unspecified atom stereocenters. The molecule has 2 heterocycles. The summed E-state index contributed by atoms with van der Waals surface area (Å²) in [6.07, 6.45) is 0.414. The number of carbonyl (C=O) groups excluding carboxylic acids is 1. The van der Waals surface area contributed by atoms with E-state index < -0.39 is 23.2 Å². The Morgan fingerprint density at radius 2 is 1.72 bits per heavy atom. The van der Waals surface area contributed by atoms with Crippen LogP contribution in [0.5, 0.6) is 0 Å². The molecule has 162 valence electrons. The summed E-state index contributed by atoms with van der Waals surface area (Å²) >= 11 is 0. The maximum Gasteiger partial charge on any atom is 0.417 e. The van der Waals surface area contributed by atoms with Gasteiger partial charge in [-0.2, -0.15) is 13.2 Å². The van der Waals surface area contributed by atoms with Crippen LogP contribution in [0.25, 0.3) is 5.82 Å². The number of nitrogens with zero attached hydrogens (tertiary/aromatic N) is 4. The van der Waals surface area contributed by atoms with Gasteiger partial charge in [0.1, 0.15) is 23.8 Å². The standard InChI is InChI=1S/C22H17F3N6O/c1-14-27-19(12-20(28-14)31-11-10-26-13-31)29-15-6-8-16(9-7-15)30-21(32)17-4-2-3-5-18(17)22(23,24)25/h2-13H,1H3,(H,30,32)(H,27,28,29). The highest BCUT2D eigenvalue weighted by Crippen LogP contribution is 2.32. The highest BCUT2D eigenvalue weighted by molar-refractivity contribution is 6.05. The Hall–Kier alpha value is -4.21. The van der Waals surface area contributed by atoms with E-state index in [1.807, 2.05) is 0 Å². The lowest BCUT2D eigenvalue weighted by Crippen LogP contribution is -2.18. The van der Waals surface area contributed by atoms with Crippen molar-refractivity contribution in [1.82, 2.24) is 19.5 Å². The molecule has 0 saturated carbocycles. The molecule has 2 aromatic carbocycles. The van der Waals surface area contributed by atoms with Gasteiger partial charge >= 0.3 is 6.18 Å². The molecule has 0 atom stereocenters. The lowest BCUT2D eigenvalue weighted by molar-refractivity contribution is -0.137. The molecule has 4 aromatic rings. The number of aryl methyl sites for hydroxylation is 1. The molecular formula is C22H17F3N6O. The maximum absolute atomic E-state index is 13.2. The third kappa shape index (κ3) is 4.75. The van der Waals surface area contributed by atoms with Crippen molar-refractivity contribution >= 4 is 23.1 Å². The van der Waals surface area contributed by atoms with Crippen LogP contribution < -0.4 is 10.6 Å². The van der Waals surface area contributed by atoms with Gasteiger partial charge in [-0.3, -0.25) is 9.36 Å². The number of carbonyl (C=O) groups is 1. The van der Waals surface area contributed by atoms with E-state index in [0.29, 0.717) is 28.8 Å². The molecule has 0 radical (unpaired) electrons. The minimum absolute atomic E-state index is 0.357. The third-order valence-electron chi connectivity index (χ3n) is 4.49. The van der Waals surface area contributed by atoms with E-state index in [2.05, 4.69) is 25.6 Å². The number of halogens is 3. The Morgan fingerprint density at radius 3 is 2.41 bits per heavy atom. The first kappa shape index (κ1) is 21.0. The Bertz CT molecular complexity index is 1240. The SMILES string of the molecule is Cc1nc(Nc2ccc(NC(=O)c3ccccc3C(F)(F)F)cc2)cc(-n2ccnc2)n1. The van der Waals surface area contributed by atoms with E-state index in [9.17, 15) is 18.0 Å². The highest BCUT2D eigenvalue weighted by atomic mass is 19.4. The molecule has 2 aromatic heterocycles. The topological polar surface area (TPSA) is 84.7 Å². The Morgan fingerprint density at radius 1 is 1.00 bits per heavy atom. The molecule has 32 heavy (non-hydrogen) atoms. The number of hydrogen-bond donors (Lipinski definition) is 2. The molecule has 7 nitrogen and oxygen atoms in total. The first-order valence-electron chi connectivity index (χ1n) is 9.48. The molecule has 1 amide bonds. The van der Waals surface area contributed by atoms with Crippen molar-refractivity contribution in [3.05, 3.63) is 90.3 Å². The molecule has 0 fully saturated rings. The molecule has 10 heteroatoms. The number of anilines is 3. The first-order valence-corrected chi connectivity index (χ1v) is 9.48. The second-order valence-corrected chi connectivity index (χ2v) is 6.83. The Labute approximate surface area is 181 Å². The van der Waals surface area contributed by atoms with Gasteiger partial charge in [0.25, 0.3) is 5.91 Å². The summed E-state index contributed by atoms with van der Waals surface area (Å²) in [5.74, 6) is 0.919. The van der Waals surface area contributed by atoms with Crippen LogP contribution in [-0.4, -0.2) is 25.4 Å². The fourth-order valence-electron chi connectivity index (χ4n) is 3.05. The number of benzene rings is 2. The lowest BCUT2D eigenvalue weighted by Gasteiger charge is -2.13. The van der Waals surface area contributed by atoms with Crippen molar-refractivity contribution in [2.75, 3.05) is 10.6 Å². The van der Waals surface area contributed by atoms with Gasteiger partial charge in [-0.15, -0.1) is 0 Å². The van der Waals surface area contributed by atoms with Gasteiger partial charge in [-0.25, -0.2) is 15.0 Å². The van der Waals surface area contributed by atoms with Crippen molar-refractivity contribution in [3.8, 4) is 5.82 Å². The number of amides is 1. The summed E-state index contributed by atoms with van der Waals surface area (Å²) in [7, 11) is 0. The van der Waals surface area contributed by atoms with Crippen LogP contribution in [0.1, 0.15) is 21.7 Å². The number of rotatable bonds is 5. The first-order chi connectivity index (χ1) is 15.3. The van der Waals surface area contributed by atoms with E-state index in [-0.39, 0.29) is 0 Å². The molecular weight excluding hydrogens is 421 g/mol. The van der Waals surface area contributed by atoms with E-state index in [0.717, 1.165) is 12.1 Å². The molecule has 0 bridgehead atoms. The molecule has 0 spiro atoms. The molecule has 0 aliphatic rings. The van der Waals surface area contributed by atoms with Gasteiger partial charge in [0.15, 0.2) is 0 Å². The van der Waals surface area contributed by atoms with Gasteiger partial charge in [0, 0.05) is 29.8 Å². The average molecular weight is 438 g/mol. The number of hydrogen-bond acceptors (Lipinski definition) is 5. The summed E-state index contributed by atoms with van der Waals surface area (Å²) in [5, 5.41) is 5.64. The normalized spacial score (nSPS) is 11.2. The van der Waals surface area contributed by atoms with Crippen LogP contribution >= 0.6 is 0 Å². The molecule has 0 aliphatic heterocycles. The van der Waals surface area contributed by atoms with Crippen molar-refractivity contribution < 1.29 is 18.0 Å². The number of alkyl halides is 3. The molecule has 0 saturated heterocycles. The quantitative estimate of drug-likeness (QED) is 0.459. The summed E-state index contributed by atoms with van der Waals surface area (Å²) in [6, 6.07) is 12.9. The number of aromatic nitrogens is 4. The van der Waals surface area contributed by atoms with Crippen LogP contribution in [0.3, 0.4) is 0 Å². The van der Waals surface area contributed by atoms with Crippen molar-refractivity contribution in [1.29, 1.82) is 0 Å².